The Morgan fingerprint density at radius 3 is 2.74 bits per heavy atom. The Kier molecular flexibility index (Phi) is 5.34. The number of hydrogen-bond donors (Lipinski definition) is 2. The zero-order valence-electron chi connectivity index (χ0n) is 11.2. The predicted octanol–water partition coefficient (Wildman–Crippen LogP) is 4.29. The fourth-order valence-corrected chi connectivity index (χ4v) is 3.18. The molecule has 0 aliphatic heterocycles. The fourth-order valence-electron chi connectivity index (χ4n) is 2.55. The maximum Gasteiger partial charge on any atom is 0.252 e. The topological polar surface area (TPSA) is 29.1 Å². The normalized spacial score (nSPS) is 23.1. The first-order valence-electron chi connectivity index (χ1n) is 6.83. The van der Waals surface area contributed by atoms with Crippen molar-refractivity contribution in [3.05, 3.63) is 28.2 Å². The van der Waals surface area contributed by atoms with Gasteiger partial charge >= 0.3 is 0 Å². The molecule has 0 radical (unpaired) electrons. The molecule has 0 spiro atoms. The number of halogens is 1. The van der Waals surface area contributed by atoms with Crippen LogP contribution in [0.2, 0.25) is 0 Å². The molecule has 1 N–H and O–H groups in total. The molecule has 1 aliphatic carbocycles. The van der Waals surface area contributed by atoms with Gasteiger partial charge in [0.15, 0.2) is 0 Å². The zero-order valence-corrected chi connectivity index (χ0v) is 13.6. The molecule has 1 fully saturated rings. The Bertz CT molecular complexity index is 455. The summed E-state index contributed by atoms with van der Waals surface area (Å²) in [5.74, 6) is 1.47. The van der Waals surface area contributed by atoms with Crippen LogP contribution in [0.25, 0.3) is 0 Å². The van der Waals surface area contributed by atoms with E-state index in [-0.39, 0.29) is 5.91 Å². The van der Waals surface area contributed by atoms with Gasteiger partial charge in [0.05, 0.1) is 5.56 Å². The highest BCUT2D eigenvalue weighted by Gasteiger charge is 2.19. The molecule has 0 aromatic heterocycles. The molecule has 19 heavy (non-hydrogen) atoms. The molecule has 1 aliphatic rings. The van der Waals surface area contributed by atoms with Gasteiger partial charge in [-0.2, -0.15) is 0 Å². The van der Waals surface area contributed by atoms with Gasteiger partial charge in [-0.25, -0.2) is 0 Å². The first-order chi connectivity index (χ1) is 9.06. The van der Waals surface area contributed by atoms with Gasteiger partial charge in [0, 0.05) is 15.9 Å². The minimum absolute atomic E-state index is 0.0126. The van der Waals surface area contributed by atoms with Crippen molar-refractivity contribution in [1.29, 1.82) is 0 Å². The standard InChI is InChI=1S/C15H20BrNOS/c1-10-2-4-11(5-3-10)9-17-15(18)13-8-12(19)6-7-14(13)16/h6-8,10-11,19H,2-5,9H2,1H3,(H,17,18). The van der Waals surface area contributed by atoms with Crippen molar-refractivity contribution in [2.75, 3.05) is 6.54 Å². The van der Waals surface area contributed by atoms with E-state index in [2.05, 4.69) is 40.8 Å². The highest BCUT2D eigenvalue weighted by Crippen LogP contribution is 2.28. The Hall–Kier alpha value is -0.480. The molecule has 0 atom stereocenters. The van der Waals surface area contributed by atoms with E-state index in [0.717, 1.165) is 21.8 Å². The molecule has 1 amide bonds. The quantitative estimate of drug-likeness (QED) is 0.788. The van der Waals surface area contributed by atoms with Gasteiger partial charge in [0.25, 0.3) is 5.91 Å². The van der Waals surface area contributed by atoms with Crippen LogP contribution >= 0.6 is 28.6 Å². The number of thiol groups is 1. The van der Waals surface area contributed by atoms with Crippen LogP contribution < -0.4 is 5.32 Å². The highest BCUT2D eigenvalue weighted by atomic mass is 79.9. The third-order valence-electron chi connectivity index (χ3n) is 3.88. The van der Waals surface area contributed by atoms with Crippen molar-refractivity contribution in [2.24, 2.45) is 11.8 Å². The van der Waals surface area contributed by atoms with Gasteiger partial charge in [0.2, 0.25) is 0 Å². The van der Waals surface area contributed by atoms with Crippen molar-refractivity contribution in [1.82, 2.24) is 5.32 Å². The molecule has 2 rings (SSSR count). The fraction of sp³-hybridized carbons (Fsp3) is 0.533. The molecule has 0 unspecified atom stereocenters. The van der Waals surface area contributed by atoms with Crippen molar-refractivity contribution in [2.45, 2.75) is 37.5 Å². The van der Waals surface area contributed by atoms with Crippen molar-refractivity contribution >= 4 is 34.5 Å². The molecule has 1 aromatic rings. The summed E-state index contributed by atoms with van der Waals surface area (Å²) in [7, 11) is 0. The van der Waals surface area contributed by atoms with Crippen LogP contribution in [0.5, 0.6) is 0 Å². The molecule has 104 valence electrons. The molecular weight excluding hydrogens is 322 g/mol. The third kappa shape index (κ3) is 4.25. The van der Waals surface area contributed by atoms with E-state index in [1.54, 1.807) is 6.07 Å². The Morgan fingerprint density at radius 1 is 1.37 bits per heavy atom. The number of hydrogen-bond acceptors (Lipinski definition) is 2. The van der Waals surface area contributed by atoms with Gasteiger partial charge in [-0.05, 0) is 58.8 Å². The monoisotopic (exact) mass is 341 g/mol. The van der Waals surface area contributed by atoms with E-state index in [1.807, 2.05) is 12.1 Å². The van der Waals surface area contributed by atoms with Crippen LogP contribution in [-0.2, 0) is 0 Å². The summed E-state index contributed by atoms with van der Waals surface area (Å²) in [5.41, 5.74) is 0.664. The molecule has 2 nitrogen and oxygen atoms in total. The molecule has 0 heterocycles. The van der Waals surface area contributed by atoms with Crippen LogP contribution in [0.4, 0.5) is 0 Å². The van der Waals surface area contributed by atoms with Crippen LogP contribution in [0.3, 0.4) is 0 Å². The van der Waals surface area contributed by atoms with Gasteiger partial charge in [-0.15, -0.1) is 12.6 Å². The lowest BCUT2D eigenvalue weighted by molar-refractivity contribution is 0.0941. The lowest BCUT2D eigenvalue weighted by Gasteiger charge is -2.26. The minimum atomic E-state index is -0.0126. The molecule has 4 heteroatoms. The average Bonchev–Trinajstić information content (AvgIpc) is 2.40. The largest absolute Gasteiger partial charge is 0.352 e. The van der Waals surface area contributed by atoms with E-state index in [4.69, 9.17) is 0 Å². The second kappa shape index (κ2) is 6.80. The maximum atomic E-state index is 12.1. The minimum Gasteiger partial charge on any atom is -0.352 e. The second-order valence-electron chi connectivity index (χ2n) is 5.50. The Morgan fingerprint density at radius 2 is 2.05 bits per heavy atom. The highest BCUT2D eigenvalue weighted by molar-refractivity contribution is 9.10. The van der Waals surface area contributed by atoms with E-state index in [9.17, 15) is 4.79 Å². The van der Waals surface area contributed by atoms with E-state index < -0.39 is 0 Å². The first kappa shape index (κ1) is 14.9. The van der Waals surface area contributed by atoms with E-state index in [1.165, 1.54) is 25.7 Å². The number of rotatable bonds is 3. The summed E-state index contributed by atoms with van der Waals surface area (Å²) in [4.78, 5) is 13.0. The predicted molar refractivity (Wildman–Crippen MR) is 84.8 cm³/mol. The summed E-state index contributed by atoms with van der Waals surface area (Å²) in [6.45, 7) is 3.10. The summed E-state index contributed by atoms with van der Waals surface area (Å²) in [6.07, 6.45) is 5.04. The van der Waals surface area contributed by atoms with E-state index in [0.29, 0.717) is 11.5 Å². The van der Waals surface area contributed by atoms with Crippen molar-refractivity contribution < 1.29 is 4.79 Å². The van der Waals surface area contributed by atoms with Gasteiger partial charge in [-0.3, -0.25) is 4.79 Å². The van der Waals surface area contributed by atoms with Crippen LogP contribution in [0, 0.1) is 11.8 Å². The Balaban J connectivity index is 1.89. The molecule has 0 saturated heterocycles. The third-order valence-corrected chi connectivity index (χ3v) is 4.85. The SMILES string of the molecule is CC1CCC(CNC(=O)c2cc(S)ccc2Br)CC1. The lowest BCUT2D eigenvalue weighted by atomic mass is 9.83. The Labute approximate surface area is 128 Å². The second-order valence-corrected chi connectivity index (χ2v) is 6.87. The number of benzene rings is 1. The number of carbonyl (C=O) groups is 1. The van der Waals surface area contributed by atoms with Crippen LogP contribution in [0.15, 0.2) is 27.6 Å². The number of carbonyl (C=O) groups excluding carboxylic acids is 1. The average molecular weight is 342 g/mol. The maximum absolute atomic E-state index is 12.1. The number of nitrogens with one attached hydrogen (secondary N) is 1. The molecule has 0 bridgehead atoms. The molecule has 1 aromatic carbocycles. The molecule has 1 saturated carbocycles. The summed E-state index contributed by atoms with van der Waals surface area (Å²) in [6, 6.07) is 5.53. The molecular formula is C15H20BrNOS. The number of amides is 1. The summed E-state index contributed by atoms with van der Waals surface area (Å²) in [5, 5.41) is 3.05. The van der Waals surface area contributed by atoms with Gasteiger partial charge in [-0.1, -0.05) is 19.8 Å². The summed E-state index contributed by atoms with van der Waals surface area (Å²) < 4.78 is 0.820. The van der Waals surface area contributed by atoms with E-state index >= 15 is 0 Å². The van der Waals surface area contributed by atoms with Crippen molar-refractivity contribution in [3.8, 4) is 0 Å². The smallest absolute Gasteiger partial charge is 0.252 e. The zero-order chi connectivity index (χ0) is 13.8. The van der Waals surface area contributed by atoms with Crippen LogP contribution in [-0.4, -0.2) is 12.5 Å². The summed E-state index contributed by atoms with van der Waals surface area (Å²) >= 11 is 7.68. The van der Waals surface area contributed by atoms with Crippen LogP contribution in [0.1, 0.15) is 43.0 Å². The lowest BCUT2D eigenvalue weighted by Crippen LogP contribution is -2.31. The van der Waals surface area contributed by atoms with Gasteiger partial charge in [0.1, 0.15) is 0 Å². The first-order valence-corrected chi connectivity index (χ1v) is 8.07. The van der Waals surface area contributed by atoms with Crippen molar-refractivity contribution in [3.63, 3.8) is 0 Å². The van der Waals surface area contributed by atoms with Gasteiger partial charge < -0.3 is 5.32 Å².